The van der Waals surface area contributed by atoms with Crippen LogP contribution in [0.15, 0.2) is 28.8 Å². The number of nitrogens with one attached hydrogen (secondary N) is 1. The molecular weight excluding hydrogens is 346 g/mol. The largest absolute Gasteiger partial charge is 0.481 e. The van der Waals surface area contributed by atoms with Crippen molar-refractivity contribution < 1.29 is 19.2 Å². The van der Waals surface area contributed by atoms with E-state index in [1.165, 1.54) is 0 Å². The maximum Gasteiger partial charge on any atom is 0.311 e. The van der Waals surface area contributed by atoms with E-state index >= 15 is 0 Å². The van der Waals surface area contributed by atoms with Crippen molar-refractivity contribution in [2.75, 3.05) is 6.54 Å². The molecule has 0 aliphatic carbocycles. The number of hydrogen-bond donors (Lipinski definition) is 2. The van der Waals surface area contributed by atoms with Gasteiger partial charge in [0.25, 0.3) is 11.8 Å². The molecule has 146 valence electrons. The van der Waals surface area contributed by atoms with Crippen molar-refractivity contribution in [2.45, 2.75) is 52.9 Å². The fraction of sp³-hybridized carbons (Fsp3) is 0.500. The molecule has 1 amide bonds. The van der Waals surface area contributed by atoms with Crippen molar-refractivity contribution >= 4 is 11.9 Å². The summed E-state index contributed by atoms with van der Waals surface area (Å²) >= 11 is 0. The molecule has 0 fully saturated rings. The molecule has 2 N–H and O–H groups in total. The van der Waals surface area contributed by atoms with Gasteiger partial charge in [0.1, 0.15) is 0 Å². The number of carbonyl (C=O) groups excluding carboxylic acids is 1. The number of aliphatic carboxylic acids is 1. The third-order valence-electron chi connectivity index (χ3n) is 4.89. The van der Waals surface area contributed by atoms with Gasteiger partial charge in [-0.3, -0.25) is 9.59 Å². The zero-order chi connectivity index (χ0) is 20.2. The fourth-order valence-corrected chi connectivity index (χ4v) is 2.73. The molecule has 0 aliphatic heterocycles. The SMILES string of the molecule is CCC(CC)(CNC(=O)c1ccccc1-c1nc(C(C)(C)C)no1)C(=O)O. The highest BCUT2D eigenvalue weighted by atomic mass is 16.5. The van der Waals surface area contributed by atoms with Crippen LogP contribution in [0.2, 0.25) is 0 Å². The summed E-state index contributed by atoms with van der Waals surface area (Å²) in [7, 11) is 0. The average Bonchev–Trinajstić information content (AvgIpc) is 3.13. The van der Waals surface area contributed by atoms with E-state index in [0.717, 1.165) is 0 Å². The van der Waals surface area contributed by atoms with Crippen LogP contribution < -0.4 is 5.32 Å². The van der Waals surface area contributed by atoms with Gasteiger partial charge in [-0.25, -0.2) is 0 Å². The van der Waals surface area contributed by atoms with Crippen molar-refractivity contribution in [1.82, 2.24) is 15.5 Å². The predicted molar refractivity (Wildman–Crippen MR) is 101 cm³/mol. The first kappa shape index (κ1) is 20.6. The maximum absolute atomic E-state index is 12.7. The number of nitrogens with zero attached hydrogens (tertiary/aromatic N) is 2. The molecule has 0 bridgehead atoms. The summed E-state index contributed by atoms with van der Waals surface area (Å²) in [5.74, 6) is -0.461. The van der Waals surface area contributed by atoms with Crippen LogP contribution in [0.1, 0.15) is 63.6 Å². The van der Waals surface area contributed by atoms with Gasteiger partial charge in [0.2, 0.25) is 0 Å². The zero-order valence-corrected chi connectivity index (χ0v) is 16.5. The Balaban J connectivity index is 2.28. The maximum atomic E-state index is 12.7. The monoisotopic (exact) mass is 373 g/mol. The second kappa shape index (κ2) is 7.90. The first-order valence-electron chi connectivity index (χ1n) is 9.10. The number of amides is 1. The molecular formula is C20H27N3O4. The van der Waals surface area contributed by atoms with E-state index in [-0.39, 0.29) is 23.8 Å². The highest BCUT2D eigenvalue weighted by Crippen LogP contribution is 2.28. The topological polar surface area (TPSA) is 105 Å². The van der Waals surface area contributed by atoms with Gasteiger partial charge in [-0.05, 0) is 25.0 Å². The van der Waals surface area contributed by atoms with Crippen molar-refractivity contribution in [2.24, 2.45) is 5.41 Å². The Hall–Kier alpha value is -2.70. The second-order valence-corrected chi connectivity index (χ2v) is 7.69. The Bertz CT molecular complexity index is 817. The molecule has 1 aromatic heterocycles. The normalized spacial score (nSPS) is 12.0. The standard InChI is InChI=1S/C20H27N3O4/c1-6-20(7-2,18(25)26)12-21-15(24)13-10-8-9-11-14(13)16-22-17(23-27-16)19(3,4)5/h8-11H,6-7,12H2,1-5H3,(H,21,24)(H,25,26). The summed E-state index contributed by atoms with van der Waals surface area (Å²) in [6.45, 7) is 9.59. The molecule has 27 heavy (non-hydrogen) atoms. The van der Waals surface area contributed by atoms with Gasteiger partial charge < -0.3 is 14.9 Å². The van der Waals surface area contributed by atoms with Crippen molar-refractivity contribution in [3.63, 3.8) is 0 Å². The highest BCUT2D eigenvalue weighted by Gasteiger charge is 2.35. The van der Waals surface area contributed by atoms with E-state index in [0.29, 0.717) is 29.8 Å². The quantitative estimate of drug-likeness (QED) is 0.767. The Morgan fingerprint density at radius 2 is 1.78 bits per heavy atom. The molecule has 1 aromatic carbocycles. The number of hydrogen-bond acceptors (Lipinski definition) is 5. The summed E-state index contributed by atoms with van der Waals surface area (Å²) in [5, 5.41) is 16.3. The number of benzene rings is 1. The van der Waals surface area contributed by atoms with Gasteiger partial charge in [0.05, 0.1) is 16.5 Å². The Kier molecular flexibility index (Phi) is 6.03. The van der Waals surface area contributed by atoms with E-state index in [9.17, 15) is 14.7 Å². The summed E-state index contributed by atoms with van der Waals surface area (Å²) < 4.78 is 5.36. The lowest BCUT2D eigenvalue weighted by atomic mass is 9.82. The van der Waals surface area contributed by atoms with Crippen molar-refractivity contribution in [3.8, 4) is 11.5 Å². The molecule has 0 spiro atoms. The van der Waals surface area contributed by atoms with E-state index < -0.39 is 11.4 Å². The summed E-state index contributed by atoms with van der Waals surface area (Å²) in [6.07, 6.45) is 0.860. The number of carboxylic acids is 1. The molecule has 2 rings (SSSR count). The fourth-order valence-electron chi connectivity index (χ4n) is 2.73. The van der Waals surface area contributed by atoms with Gasteiger partial charge >= 0.3 is 5.97 Å². The second-order valence-electron chi connectivity index (χ2n) is 7.69. The number of aromatic nitrogens is 2. The van der Waals surface area contributed by atoms with Crippen LogP contribution in [0.5, 0.6) is 0 Å². The molecule has 2 aromatic rings. The van der Waals surface area contributed by atoms with Crippen LogP contribution in [-0.4, -0.2) is 33.7 Å². The van der Waals surface area contributed by atoms with E-state index in [4.69, 9.17) is 4.52 Å². The van der Waals surface area contributed by atoms with Gasteiger partial charge in [-0.15, -0.1) is 0 Å². The molecule has 1 heterocycles. The van der Waals surface area contributed by atoms with Crippen LogP contribution in [0.25, 0.3) is 11.5 Å². The van der Waals surface area contributed by atoms with Gasteiger partial charge in [0, 0.05) is 12.0 Å². The number of rotatable bonds is 7. The molecule has 0 saturated carbocycles. The minimum Gasteiger partial charge on any atom is -0.481 e. The average molecular weight is 373 g/mol. The van der Waals surface area contributed by atoms with Crippen LogP contribution in [0.3, 0.4) is 0 Å². The molecule has 0 atom stereocenters. The first-order chi connectivity index (χ1) is 12.6. The molecule has 0 radical (unpaired) electrons. The lowest BCUT2D eigenvalue weighted by molar-refractivity contribution is -0.149. The van der Waals surface area contributed by atoms with Gasteiger partial charge in [0.15, 0.2) is 5.82 Å². The van der Waals surface area contributed by atoms with Gasteiger partial charge in [-0.2, -0.15) is 4.98 Å². The highest BCUT2D eigenvalue weighted by molar-refractivity contribution is 6.00. The Labute approximate surface area is 159 Å². The Morgan fingerprint density at radius 1 is 1.15 bits per heavy atom. The zero-order valence-electron chi connectivity index (χ0n) is 16.5. The number of carbonyl (C=O) groups is 2. The van der Waals surface area contributed by atoms with Crippen molar-refractivity contribution in [3.05, 3.63) is 35.7 Å². The predicted octanol–water partition coefficient (Wildman–Crippen LogP) is 3.65. The summed E-state index contributed by atoms with van der Waals surface area (Å²) in [4.78, 5) is 28.8. The third kappa shape index (κ3) is 4.35. The molecule has 0 aliphatic rings. The first-order valence-corrected chi connectivity index (χ1v) is 9.10. The Morgan fingerprint density at radius 3 is 2.30 bits per heavy atom. The molecule has 0 saturated heterocycles. The number of carboxylic acid groups (broad SMARTS) is 1. The van der Waals surface area contributed by atoms with Crippen LogP contribution in [-0.2, 0) is 10.2 Å². The summed E-state index contributed by atoms with van der Waals surface area (Å²) in [6, 6.07) is 6.92. The van der Waals surface area contributed by atoms with Crippen LogP contribution in [0, 0.1) is 5.41 Å². The van der Waals surface area contributed by atoms with Crippen LogP contribution >= 0.6 is 0 Å². The van der Waals surface area contributed by atoms with Crippen LogP contribution in [0.4, 0.5) is 0 Å². The third-order valence-corrected chi connectivity index (χ3v) is 4.89. The van der Waals surface area contributed by atoms with E-state index in [1.54, 1.807) is 24.3 Å². The van der Waals surface area contributed by atoms with Crippen molar-refractivity contribution in [1.29, 1.82) is 0 Å². The lowest BCUT2D eigenvalue weighted by Crippen LogP contribution is -2.42. The van der Waals surface area contributed by atoms with Gasteiger partial charge in [-0.1, -0.05) is 51.9 Å². The minimum absolute atomic E-state index is 0.0551. The molecule has 7 nitrogen and oxygen atoms in total. The summed E-state index contributed by atoms with van der Waals surface area (Å²) in [5.41, 5.74) is -0.364. The van der Waals surface area contributed by atoms with E-state index in [1.807, 2.05) is 34.6 Å². The smallest absolute Gasteiger partial charge is 0.311 e. The van der Waals surface area contributed by atoms with E-state index in [2.05, 4.69) is 15.5 Å². The molecule has 0 unspecified atom stereocenters. The minimum atomic E-state index is -0.978. The molecule has 7 heteroatoms. The lowest BCUT2D eigenvalue weighted by Gasteiger charge is -2.26.